The van der Waals surface area contributed by atoms with Crippen molar-refractivity contribution in [2.75, 3.05) is 11.9 Å². The van der Waals surface area contributed by atoms with Gasteiger partial charge in [0.05, 0.1) is 15.6 Å². The van der Waals surface area contributed by atoms with E-state index in [4.69, 9.17) is 5.14 Å². The standard InChI is InChI=1S/C13H10BrF5N4O3S/c14-9-5-21-11(22-7-1-3-8(4-2-7)27(20,24)25)23-10(9)26-6-12(15,16)13(17,18)19/h1-5H,6H2,(H2,20,24,25)(H,21,22,23). The molecule has 1 aromatic carbocycles. The molecule has 0 amide bonds. The maximum Gasteiger partial charge on any atom is 0.456 e. The molecule has 0 unspecified atom stereocenters. The van der Waals surface area contributed by atoms with Crippen LogP contribution in [0.15, 0.2) is 39.8 Å². The van der Waals surface area contributed by atoms with Crippen molar-refractivity contribution in [2.24, 2.45) is 5.14 Å². The number of aromatic nitrogens is 2. The number of rotatable bonds is 6. The maximum absolute atomic E-state index is 12.9. The molecule has 0 aliphatic carbocycles. The Labute approximate surface area is 157 Å². The molecule has 27 heavy (non-hydrogen) atoms. The van der Waals surface area contributed by atoms with Crippen molar-refractivity contribution < 1.29 is 35.1 Å². The van der Waals surface area contributed by atoms with Crippen LogP contribution in [0.2, 0.25) is 0 Å². The molecule has 3 N–H and O–H groups in total. The summed E-state index contributed by atoms with van der Waals surface area (Å²) in [5.74, 6) is -5.79. The number of benzene rings is 1. The number of anilines is 2. The van der Waals surface area contributed by atoms with Gasteiger partial charge in [-0.3, -0.25) is 0 Å². The molecule has 1 heterocycles. The first-order valence-electron chi connectivity index (χ1n) is 6.79. The molecule has 7 nitrogen and oxygen atoms in total. The fourth-order valence-electron chi connectivity index (χ4n) is 1.61. The van der Waals surface area contributed by atoms with Crippen LogP contribution in [0, 0.1) is 0 Å². The number of alkyl halides is 5. The lowest BCUT2D eigenvalue weighted by Crippen LogP contribution is -2.41. The predicted molar refractivity (Wildman–Crippen MR) is 87.3 cm³/mol. The third-order valence-electron chi connectivity index (χ3n) is 2.96. The van der Waals surface area contributed by atoms with Crippen LogP contribution in [0.5, 0.6) is 5.88 Å². The van der Waals surface area contributed by atoms with Crippen molar-refractivity contribution in [1.82, 2.24) is 9.97 Å². The van der Waals surface area contributed by atoms with Crippen LogP contribution in [0.1, 0.15) is 0 Å². The van der Waals surface area contributed by atoms with E-state index in [1.165, 1.54) is 24.3 Å². The number of nitrogens with one attached hydrogen (secondary N) is 1. The molecule has 2 rings (SSSR count). The third-order valence-corrected chi connectivity index (χ3v) is 4.43. The SMILES string of the molecule is NS(=O)(=O)c1ccc(Nc2ncc(Br)c(OCC(F)(F)C(F)(F)F)n2)cc1. The molecule has 0 saturated carbocycles. The third kappa shape index (κ3) is 5.46. The van der Waals surface area contributed by atoms with Crippen LogP contribution in [0.4, 0.5) is 33.6 Å². The summed E-state index contributed by atoms with van der Waals surface area (Å²) in [6.45, 7) is -1.96. The normalized spacial score (nSPS) is 12.7. The van der Waals surface area contributed by atoms with Gasteiger partial charge in [-0.05, 0) is 40.2 Å². The van der Waals surface area contributed by atoms with Gasteiger partial charge >= 0.3 is 12.1 Å². The van der Waals surface area contributed by atoms with Crippen LogP contribution in [-0.4, -0.2) is 37.1 Å². The number of primary sulfonamides is 1. The van der Waals surface area contributed by atoms with E-state index in [2.05, 4.69) is 36.0 Å². The fourth-order valence-corrected chi connectivity index (χ4v) is 2.43. The van der Waals surface area contributed by atoms with E-state index in [0.29, 0.717) is 5.69 Å². The highest BCUT2D eigenvalue weighted by atomic mass is 79.9. The average molecular weight is 477 g/mol. The monoisotopic (exact) mass is 476 g/mol. The zero-order valence-corrected chi connectivity index (χ0v) is 15.4. The second kappa shape index (κ2) is 7.52. The van der Waals surface area contributed by atoms with E-state index < -0.39 is 34.6 Å². The Kier molecular flexibility index (Phi) is 5.91. The van der Waals surface area contributed by atoms with E-state index in [0.717, 1.165) is 6.20 Å². The molecule has 0 radical (unpaired) electrons. The number of nitrogens with two attached hydrogens (primary N) is 1. The molecular formula is C13H10BrF5N4O3S. The van der Waals surface area contributed by atoms with E-state index in [1.807, 2.05) is 0 Å². The van der Waals surface area contributed by atoms with Crippen molar-refractivity contribution in [3.63, 3.8) is 0 Å². The van der Waals surface area contributed by atoms with Crippen LogP contribution >= 0.6 is 15.9 Å². The Balaban J connectivity index is 2.15. The van der Waals surface area contributed by atoms with Crippen LogP contribution in [-0.2, 0) is 10.0 Å². The quantitative estimate of drug-likeness (QED) is 0.619. The summed E-state index contributed by atoms with van der Waals surface area (Å²) in [6.07, 6.45) is -4.69. The Morgan fingerprint density at radius 2 is 1.74 bits per heavy atom. The van der Waals surface area contributed by atoms with Gasteiger partial charge in [-0.15, -0.1) is 0 Å². The molecular weight excluding hydrogens is 467 g/mol. The van der Waals surface area contributed by atoms with Gasteiger partial charge in [-0.2, -0.15) is 26.9 Å². The van der Waals surface area contributed by atoms with Crippen LogP contribution in [0.25, 0.3) is 0 Å². The molecule has 148 valence electrons. The molecule has 0 saturated heterocycles. The van der Waals surface area contributed by atoms with Gasteiger partial charge in [0.2, 0.25) is 21.9 Å². The summed E-state index contributed by atoms with van der Waals surface area (Å²) >= 11 is 2.88. The van der Waals surface area contributed by atoms with E-state index in [9.17, 15) is 30.4 Å². The molecule has 0 aliphatic rings. The van der Waals surface area contributed by atoms with Gasteiger partial charge in [-0.25, -0.2) is 18.5 Å². The summed E-state index contributed by atoms with van der Waals surface area (Å²) < 4.78 is 89.2. The molecule has 0 fully saturated rings. The number of nitrogens with zero attached hydrogens (tertiary/aromatic N) is 2. The summed E-state index contributed by atoms with van der Waals surface area (Å²) in [4.78, 5) is 7.34. The number of halogens is 6. The number of ether oxygens (including phenoxy) is 1. The molecule has 14 heteroatoms. The molecule has 1 aromatic heterocycles. The summed E-state index contributed by atoms with van der Waals surface area (Å²) in [5.41, 5.74) is 0.302. The van der Waals surface area contributed by atoms with Crippen molar-refractivity contribution in [1.29, 1.82) is 0 Å². The van der Waals surface area contributed by atoms with E-state index >= 15 is 0 Å². The maximum atomic E-state index is 12.9. The fraction of sp³-hybridized carbons (Fsp3) is 0.231. The lowest BCUT2D eigenvalue weighted by Gasteiger charge is -2.19. The molecule has 0 atom stereocenters. The molecule has 0 aliphatic heterocycles. The van der Waals surface area contributed by atoms with Crippen molar-refractivity contribution >= 4 is 37.6 Å². The van der Waals surface area contributed by atoms with Crippen molar-refractivity contribution in [3.05, 3.63) is 34.9 Å². The van der Waals surface area contributed by atoms with E-state index in [-0.39, 0.29) is 15.3 Å². The molecule has 0 spiro atoms. The first kappa shape index (κ1) is 21.2. The minimum Gasteiger partial charge on any atom is -0.470 e. The number of sulfonamides is 1. The first-order chi connectivity index (χ1) is 12.3. The first-order valence-corrected chi connectivity index (χ1v) is 9.13. The highest BCUT2D eigenvalue weighted by molar-refractivity contribution is 9.10. The van der Waals surface area contributed by atoms with Gasteiger partial charge in [0.15, 0.2) is 6.61 Å². The average Bonchev–Trinajstić information content (AvgIpc) is 2.54. The van der Waals surface area contributed by atoms with Gasteiger partial charge < -0.3 is 10.1 Å². The van der Waals surface area contributed by atoms with Gasteiger partial charge in [0.25, 0.3) is 0 Å². The van der Waals surface area contributed by atoms with Crippen molar-refractivity contribution in [3.8, 4) is 5.88 Å². The molecule has 0 bridgehead atoms. The topological polar surface area (TPSA) is 107 Å². The number of hydrogen-bond donors (Lipinski definition) is 2. The van der Waals surface area contributed by atoms with Crippen LogP contribution < -0.4 is 15.2 Å². The largest absolute Gasteiger partial charge is 0.470 e. The van der Waals surface area contributed by atoms with Gasteiger partial charge in [0.1, 0.15) is 0 Å². The zero-order valence-electron chi connectivity index (χ0n) is 13.0. The van der Waals surface area contributed by atoms with Gasteiger partial charge in [-0.1, -0.05) is 0 Å². The Hall–Kier alpha value is -2.06. The predicted octanol–water partition coefficient (Wildman–Crippen LogP) is 3.21. The smallest absolute Gasteiger partial charge is 0.456 e. The highest BCUT2D eigenvalue weighted by Gasteiger charge is 2.58. The summed E-state index contributed by atoms with van der Waals surface area (Å²) in [5, 5.41) is 7.57. The Morgan fingerprint density at radius 1 is 1.15 bits per heavy atom. The summed E-state index contributed by atoms with van der Waals surface area (Å²) in [6, 6.07) is 5.03. The minimum atomic E-state index is -5.77. The highest BCUT2D eigenvalue weighted by Crippen LogP contribution is 2.36. The lowest BCUT2D eigenvalue weighted by atomic mass is 10.3. The summed E-state index contributed by atoms with van der Waals surface area (Å²) in [7, 11) is -3.89. The second-order valence-corrected chi connectivity index (χ2v) is 7.45. The Bertz CT molecular complexity index is 923. The molecule has 2 aromatic rings. The van der Waals surface area contributed by atoms with Crippen molar-refractivity contribution in [2.45, 2.75) is 17.0 Å². The van der Waals surface area contributed by atoms with E-state index in [1.54, 1.807) is 0 Å². The minimum absolute atomic E-state index is 0.0457. The number of hydrogen-bond acceptors (Lipinski definition) is 6. The zero-order chi connectivity index (χ0) is 20.5. The van der Waals surface area contributed by atoms with Crippen LogP contribution in [0.3, 0.4) is 0 Å². The Morgan fingerprint density at radius 3 is 2.26 bits per heavy atom. The lowest BCUT2D eigenvalue weighted by molar-refractivity contribution is -0.290. The second-order valence-electron chi connectivity index (χ2n) is 5.03. The van der Waals surface area contributed by atoms with Gasteiger partial charge in [0, 0.05) is 5.69 Å².